The number of non-ortho nitro benzene ring substituents is 1. The molecule has 4 rings (SSSR count). The normalized spacial score (nSPS) is 12.7. The first-order valence-corrected chi connectivity index (χ1v) is 9.20. The largest absolute Gasteiger partial charge is 0.486 e. The van der Waals surface area contributed by atoms with Crippen LogP contribution in [0.5, 0.6) is 11.5 Å². The van der Waals surface area contributed by atoms with Crippen LogP contribution in [-0.4, -0.2) is 33.8 Å². The molecule has 1 N–H and O–H groups in total. The highest BCUT2D eigenvalue weighted by atomic mass is 16.6. The maximum absolute atomic E-state index is 12.4. The minimum Gasteiger partial charge on any atom is -0.486 e. The molecule has 2 aromatic carbocycles. The minimum absolute atomic E-state index is 0.0180. The summed E-state index contributed by atoms with van der Waals surface area (Å²) >= 11 is 0. The highest BCUT2D eigenvalue weighted by molar-refractivity contribution is 6.01. The number of carbonyl (C=O) groups excluding carboxylic acids is 1. The Morgan fingerprint density at radius 3 is 2.60 bits per heavy atom. The first kappa shape index (κ1) is 19.2. The maximum Gasteiger partial charge on any atom is 0.269 e. The van der Waals surface area contributed by atoms with Crippen LogP contribution in [0.15, 0.2) is 54.6 Å². The monoisotopic (exact) mass is 406 g/mol. The SMILES string of the molecule is Cc1cc(NC(=O)/C=C/c2ccc3c(c2)OCCO3)n(-c2ccc([N+](=O)[O-])cc2)n1. The van der Waals surface area contributed by atoms with Crippen molar-refractivity contribution in [1.82, 2.24) is 9.78 Å². The van der Waals surface area contributed by atoms with Gasteiger partial charge in [0, 0.05) is 24.3 Å². The van der Waals surface area contributed by atoms with Gasteiger partial charge in [-0.25, -0.2) is 4.68 Å². The average molecular weight is 406 g/mol. The van der Waals surface area contributed by atoms with Gasteiger partial charge in [0.1, 0.15) is 19.0 Å². The topological polar surface area (TPSA) is 109 Å². The Balaban J connectivity index is 1.50. The number of hydrogen-bond donors (Lipinski definition) is 1. The molecular formula is C21H18N4O5. The molecule has 0 fully saturated rings. The lowest BCUT2D eigenvalue weighted by Crippen LogP contribution is -2.15. The number of rotatable bonds is 5. The molecule has 0 atom stereocenters. The minimum atomic E-state index is -0.469. The van der Waals surface area contributed by atoms with Gasteiger partial charge < -0.3 is 14.8 Å². The standard InChI is InChI=1S/C21H18N4O5/c1-14-12-20(24(23-14)16-4-6-17(7-5-16)25(27)28)22-21(26)9-3-15-2-8-18-19(13-15)30-11-10-29-18/h2-9,12-13H,10-11H2,1H3,(H,22,26)/b9-3+. The summed E-state index contributed by atoms with van der Waals surface area (Å²) in [4.78, 5) is 22.8. The summed E-state index contributed by atoms with van der Waals surface area (Å²) in [5.74, 6) is 1.45. The van der Waals surface area contributed by atoms with Crippen molar-refractivity contribution in [3.8, 4) is 17.2 Å². The van der Waals surface area contributed by atoms with Gasteiger partial charge in [-0.3, -0.25) is 14.9 Å². The van der Waals surface area contributed by atoms with Crippen LogP contribution in [0.25, 0.3) is 11.8 Å². The quantitative estimate of drug-likeness (QED) is 0.395. The second-order valence-corrected chi connectivity index (χ2v) is 6.58. The van der Waals surface area contributed by atoms with Crippen molar-refractivity contribution in [1.29, 1.82) is 0 Å². The zero-order valence-electron chi connectivity index (χ0n) is 16.1. The first-order valence-electron chi connectivity index (χ1n) is 9.20. The first-order chi connectivity index (χ1) is 14.5. The van der Waals surface area contributed by atoms with Crippen LogP contribution >= 0.6 is 0 Å². The lowest BCUT2D eigenvalue weighted by atomic mass is 10.2. The number of amides is 1. The predicted octanol–water partition coefficient (Wildman–Crippen LogP) is 3.51. The average Bonchev–Trinajstić information content (AvgIpc) is 3.12. The molecule has 1 amide bonds. The number of hydrogen-bond acceptors (Lipinski definition) is 6. The van der Waals surface area contributed by atoms with Crippen LogP contribution in [0.3, 0.4) is 0 Å². The number of nitro groups is 1. The number of aromatic nitrogens is 2. The van der Waals surface area contributed by atoms with Crippen molar-refractivity contribution in [2.24, 2.45) is 0 Å². The molecule has 2 heterocycles. The molecule has 0 bridgehead atoms. The van der Waals surface area contributed by atoms with Crippen molar-refractivity contribution in [3.63, 3.8) is 0 Å². The number of benzene rings is 2. The third kappa shape index (κ3) is 4.14. The van der Waals surface area contributed by atoms with Crippen LogP contribution in [0.2, 0.25) is 0 Å². The molecule has 152 valence electrons. The zero-order chi connectivity index (χ0) is 21.1. The Hall–Kier alpha value is -4.14. The van der Waals surface area contributed by atoms with E-state index in [1.807, 2.05) is 12.1 Å². The fourth-order valence-electron chi connectivity index (χ4n) is 3.00. The van der Waals surface area contributed by atoms with Gasteiger partial charge in [0.2, 0.25) is 5.91 Å². The van der Waals surface area contributed by atoms with E-state index in [0.717, 1.165) is 5.56 Å². The highest BCUT2D eigenvalue weighted by Crippen LogP contribution is 2.31. The van der Waals surface area contributed by atoms with Gasteiger partial charge in [-0.05, 0) is 42.8 Å². The molecule has 0 radical (unpaired) electrons. The number of carbonyl (C=O) groups is 1. The molecule has 9 nitrogen and oxygen atoms in total. The van der Waals surface area contributed by atoms with Gasteiger partial charge in [0.25, 0.3) is 5.69 Å². The molecular weight excluding hydrogens is 388 g/mol. The van der Waals surface area contributed by atoms with Gasteiger partial charge >= 0.3 is 0 Å². The lowest BCUT2D eigenvalue weighted by Gasteiger charge is -2.18. The molecule has 0 aliphatic carbocycles. The Morgan fingerprint density at radius 2 is 1.87 bits per heavy atom. The summed E-state index contributed by atoms with van der Waals surface area (Å²) in [5.41, 5.74) is 2.07. The van der Waals surface area contributed by atoms with Crippen molar-refractivity contribution >= 4 is 23.5 Å². The number of nitrogens with one attached hydrogen (secondary N) is 1. The Kier molecular flexibility index (Phi) is 5.17. The van der Waals surface area contributed by atoms with E-state index in [1.165, 1.54) is 22.9 Å². The Labute approximate surface area is 171 Å². The van der Waals surface area contributed by atoms with Gasteiger partial charge in [-0.1, -0.05) is 6.07 Å². The highest BCUT2D eigenvalue weighted by Gasteiger charge is 2.13. The molecule has 1 aliphatic heterocycles. The van der Waals surface area contributed by atoms with Crippen molar-refractivity contribution in [3.05, 3.63) is 76.0 Å². The number of nitrogens with zero attached hydrogens (tertiary/aromatic N) is 3. The third-order valence-electron chi connectivity index (χ3n) is 4.38. The van der Waals surface area contributed by atoms with E-state index in [4.69, 9.17) is 9.47 Å². The van der Waals surface area contributed by atoms with E-state index in [0.29, 0.717) is 41.9 Å². The third-order valence-corrected chi connectivity index (χ3v) is 4.38. The van der Waals surface area contributed by atoms with Crippen LogP contribution in [-0.2, 0) is 4.79 Å². The van der Waals surface area contributed by atoms with E-state index >= 15 is 0 Å². The smallest absolute Gasteiger partial charge is 0.269 e. The fourth-order valence-corrected chi connectivity index (χ4v) is 3.00. The molecule has 1 aromatic heterocycles. The van der Waals surface area contributed by atoms with Crippen LogP contribution < -0.4 is 14.8 Å². The van der Waals surface area contributed by atoms with Gasteiger partial charge in [-0.15, -0.1) is 0 Å². The van der Waals surface area contributed by atoms with E-state index in [1.54, 1.807) is 37.3 Å². The van der Waals surface area contributed by atoms with Gasteiger partial charge in [0.15, 0.2) is 11.5 Å². The van der Waals surface area contributed by atoms with E-state index < -0.39 is 4.92 Å². The van der Waals surface area contributed by atoms with Crippen LogP contribution in [0, 0.1) is 17.0 Å². The second-order valence-electron chi connectivity index (χ2n) is 6.58. The van der Waals surface area contributed by atoms with Crippen molar-refractivity contribution in [2.75, 3.05) is 18.5 Å². The molecule has 3 aromatic rings. The summed E-state index contributed by atoms with van der Waals surface area (Å²) in [7, 11) is 0. The molecule has 0 saturated heterocycles. The number of aryl methyl sites for hydroxylation is 1. The summed E-state index contributed by atoms with van der Waals surface area (Å²) in [5, 5.41) is 18.0. The maximum atomic E-state index is 12.4. The fraction of sp³-hybridized carbons (Fsp3) is 0.143. The Bertz CT molecular complexity index is 1130. The number of anilines is 1. The van der Waals surface area contributed by atoms with E-state index in [9.17, 15) is 14.9 Å². The molecule has 0 spiro atoms. The number of ether oxygens (including phenoxy) is 2. The van der Waals surface area contributed by atoms with Gasteiger partial charge in [0.05, 0.1) is 16.3 Å². The summed E-state index contributed by atoms with van der Waals surface area (Å²) < 4.78 is 12.6. The van der Waals surface area contributed by atoms with Crippen molar-refractivity contribution in [2.45, 2.75) is 6.92 Å². The van der Waals surface area contributed by atoms with Gasteiger partial charge in [-0.2, -0.15) is 5.10 Å². The second kappa shape index (κ2) is 8.08. The molecule has 0 saturated carbocycles. The van der Waals surface area contributed by atoms with E-state index in [2.05, 4.69) is 10.4 Å². The molecule has 0 unspecified atom stereocenters. The summed E-state index contributed by atoms with van der Waals surface area (Å²) in [6.07, 6.45) is 3.08. The zero-order valence-corrected chi connectivity index (χ0v) is 16.1. The summed E-state index contributed by atoms with van der Waals surface area (Å²) in [6.45, 7) is 2.81. The lowest BCUT2D eigenvalue weighted by molar-refractivity contribution is -0.384. The van der Waals surface area contributed by atoms with Crippen molar-refractivity contribution < 1.29 is 19.2 Å². The van der Waals surface area contributed by atoms with E-state index in [-0.39, 0.29) is 11.6 Å². The van der Waals surface area contributed by atoms with Crippen LogP contribution in [0.4, 0.5) is 11.5 Å². The molecule has 9 heteroatoms. The molecule has 1 aliphatic rings. The van der Waals surface area contributed by atoms with Crippen LogP contribution in [0.1, 0.15) is 11.3 Å². The Morgan fingerprint density at radius 1 is 1.13 bits per heavy atom. The summed E-state index contributed by atoms with van der Waals surface area (Å²) in [6, 6.07) is 13.1. The number of nitro benzene ring substituents is 1. The molecule has 30 heavy (non-hydrogen) atoms. The predicted molar refractivity (Wildman–Crippen MR) is 110 cm³/mol. The number of fused-ring (bicyclic) bond motifs is 1.